The summed E-state index contributed by atoms with van der Waals surface area (Å²) in [4.78, 5) is 19.6. The van der Waals surface area contributed by atoms with E-state index in [0.29, 0.717) is 18.3 Å². The summed E-state index contributed by atoms with van der Waals surface area (Å²) in [6, 6.07) is 15.2. The molecule has 0 saturated heterocycles. The molecule has 0 spiro atoms. The molecule has 146 valence electrons. The second-order valence-corrected chi connectivity index (χ2v) is 7.01. The Morgan fingerprint density at radius 3 is 2.86 bits per heavy atom. The summed E-state index contributed by atoms with van der Waals surface area (Å²) in [5.74, 6) is 1.55. The van der Waals surface area contributed by atoms with Gasteiger partial charge in [-0.15, -0.1) is 11.8 Å². The molecule has 0 aliphatic heterocycles. The van der Waals surface area contributed by atoms with Crippen molar-refractivity contribution in [2.75, 3.05) is 32.3 Å². The molecular weight excluding hydrogens is 376 g/mol. The van der Waals surface area contributed by atoms with E-state index in [9.17, 15) is 4.79 Å². The Labute approximate surface area is 168 Å². The van der Waals surface area contributed by atoms with Crippen LogP contribution in [-0.2, 0) is 11.3 Å². The fourth-order valence-corrected chi connectivity index (χ4v) is 3.22. The maximum absolute atomic E-state index is 12.3. The summed E-state index contributed by atoms with van der Waals surface area (Å²) in [6.45, 7) is 0.578. The maximum Gasteiger partial charge on any atom is 0.241 e. The van der Waals surface area contributed by atoms with Gasteiger partial charge in [-0.05, 0) is 37.6 Å². The lowest BCUT2D eigenvalue weighted by Gasteiger charge is -2.15. The van der Waals surface area contributed by atoms with Gasteiger partial charge in [0, 0.05) is 10.5 Å². The largest absolute Gasteiger partial charge is 0.497 e. The molecule has 1 N–H and O–H groups in total. The van der Waals surface area contributed by atoms with Gasteiger partial charge in [0.15, 0.2) is 0 Å². The summed E-state index contributed by atoms with van der Waals surface area (Å²) in [5, 5.41) is 6.95. The van der Waals surface area contributed by atoms with Gasteiger partial charge in [0.2, 0.25) is 17.6 Å². The molecule has 0 unspecified atom stereocenters. The summed E-state index contributed by atoms with van der Waals surface area (Å²) >= 11 is 1.59. The first-order valence-electron chi connectivity index (χ1n) is 8.67. The molecule has 7 nitrogen and oxygen atoms in total. The predicted molar refractivity (Wildman–Crippen MR) is 109 cm³/mol. The van der Waals surface area contributed by atoms with Gasteiger partial charge < -0.3 is 14.6 Å². The molecule has 3 rings (SSSR count). The minimum Gasteiger partial charge on any atom is -0.497 e. The van der Waals surface area contributed by atoms with Gasteiger partial charge >= 0.3 is 0 Å². The number of para-hydroxylation sites is 1. The number of anilines is 1. The average molecular weight is 398 g/mol. The molecule has 1 heterocycles. The van der Waals surface area contributed by atoms with Crippen molar-refractivity contribution in [3.8, 4) is 17.1 Å². The van der Waals surface area contributed by atoms with Crippen LogP contribution in [0.2, 0.25) is 0 Å². The number of benzene rings is 2. The Hall–Kier alpha value is -2.84. The Morgan fingerprint density at radius 1 is 1.25 bits per heavy atom. The van der Waals surface area contributed by atoms with Gasteiger partial charge in [0.05, 0.1) is 25.9 Å². The summed E-state index contributed by atoms with van der Waals surface area (Å²) in [5.41, 5.74) is 1.62. The molecule has 0 radical (unpaired) electrons. The van der Waals surface area contributed by atoms with Crippen molar-refractivity contribution in [1.82, 2.24) is 15.0 Å². The fourth-order valence-electron chi connectivity index (χ4n) is 2.67. The maximum atomic E-state index is 12.3. The molecule has 0 atom stereocenters. The van der Waals surface area contributed by atoms with Crippen LogP contribution in [0, 0.1) is 0 Å². The first-order valence-corrected chi connectivity index (χ1v) is 9.90. The highest BCUT2D eigenvalue weighted by atomic mass is 32.2. The lowest BCUT2D eigenvalue weighted by molar-refractivity contribution is -0.117. The third-order valence-corrected chi connectivity index (χ3v) is 4.79. The van der Waals surface area contributed by atoms with E-state index in [1.807, 2.05) is 66.7 Å². The number of carbonyl (C=O) groups is 1. The van der Waals surface area contributed by atoms with Crippen LogP contribution in [0.25, 0.3) is 11.4 Å². The first-order chi connectivity index (χ1) is 13.6. The number of amides is 1. The number of carbonyl (C=O) groups excluding carboxylic acids is 1. The topological polar surface area (TPSA) is 80.5 Å². The average Bonchev–Trinajstić information content (AvgIpc) is 3.16. The molecular formula is C20H22N4O3S. The highest BCUT2D eigenvalue weighted by Crippen LogP contribution is 2.24. The van der Waals surface area contributed by atoms with Gasteiger partial charge in [-0.3, -0.25) is 9.69 Å². The number of hydrogen-bond donors (Lipinski definition) is 1. The van der Waals surface area contributed by atoms with Gasteiger partial charge in [0.25, 0.3) is 0 Å². The van der Waals surface area contributed by atoms with E-state index in [1.165, 1.54) is 0 Å². The Kier molecular flexibility index (Phi) is 6.67. The van der Waals surface area contributed by atoms with E-state index in [0.717, 1.165) is 21.9 Å². The summed E-state index contributed by atoms with van der Waals surface area (Å²) in [6.07, 6.45) is 1.98. The van der Waals surface area contributed by atoms with Crippen molar-refractivity contribution in [2.45, 2.75) is 11.4 Å². The number of ether oxygens (including phenoxy) is 1. The third kappa shape index (κ3) is 5.11. The zero-order valence-corrected chi connectivity index (χ0v) is 16.8. The lowest BCUT2D eigenvalue weighted by Crippen LogP contribution is -2.30. The Morgan fingerprint density at radius 2 is 2.07 bits per heavy atom. The summed E-state index contributed by atoms with van der Waals surface area (Å²) in [7, 11) is 3.44. The SMILES string of the molecule is COc1cccc(-c2noc(CN(C)CC(=O)Nc3ccccc3SC)n2)c1. The number of thioether (sulfide) groups is 1. The van der Waals surface area contributed by atoms with Crippen LogP contribution >= 0.6 is 11.8 Å². The van der Waals surface area contributed by atoms with Gasteiger partial charge in [-0.1, -0.05) is 29.4 Å². The molecule has 28 heavy (non-hydrogen) atoms. The number of aromatic nitrogens is 2. The molecule has 1 aromatic heterocycles. The number of rotatable bonds is 8. The van der Waals surface area contributed by atoms with Crippen molar-refractivity contribution in [3.63, 3.8) is 0 Å². The third-order valence-electron chi connectivity index (χ3n) is 4.00. The van der Waals surface area contributed by atoms with Gasteiger partial charge in [-0.2, -0.15) is 4.98 Å². The zero-order valence-electron chi connectivity index (χ0n) is 16.0. The van der Waals surface area contributed by atoms with E-state index in [1.54, 1.807) is 18.9 Å². The van der Waals surface area contributed by atoms with Crippen molar-refractivity contribution in [1.29, 1.82) is 0 Å². The van der Waals surface area contributed by atoms with E-state index >= 15 is 0 Å². The standard InChI is InChI=1S/C20H22N4O3S/c1-24(12-18(25)21-16-9-4-5-10-17(16)28-3)13-19-22-20(23-27-19)14-7-6-8-15(11-14)26-2/h4-11H,12-13H2,1-3H3,(H,21,25). The molecule has 8 heteroatoms. The minimum absolute atomic E-state index is 0.100. The highest BCUT2D eigenvalue weighted by molar-refractivity contribution is 7.98. The minimum atomic E-state index is -0.100. The first kappa shape index (κ1) is 19.9. The smallest absolute Gasteiger partial charge is 0.241 e. The van der Waals surface area contributed by atoms with Crippen LogP contribution in [0.1, 0.15) is 5.89 Å². The van der Waals surface area contributed by atoms with Crippen LogP contribution in [0.3, 0.4) is 0 Å². The molecule has 0 bridgehead atoms. The molecule has 1 amide bonds. The zero-order chi connectivity index (χ0) is 19.9. The quantitative estimate of drug-likeness (QED) is 0.581. The monoisotopic (exact) mass is 398 g/mol. The van der Waals surface area contributed by atoms with E-state index in [2.05, 4.69) is 15.5 Å². The van der Waals surface area contributed by atoms with Gasteiger partial charge in [-0.25, -0.2) is 0 Å². The molecule has 2 aromatic carbocycles. The molecule has 0 saturated carbocycles. The van der Waals surface area contributed by atoms with Crippen molar-refractivity contribution in [2.24, 2.45) is 0 Å². The molecule has 0 aliphatic rings. The van der Waals surface area contributed by atoms with Crippen molar-refractivity contribution in [3.05, 3.63) is 54.4 Å². The second-order valence-electron chi connectivity index (χ2n) is 6.16. The Balaban J connectivity index is 1.58. The van der Waals surface area contributed by atoms with Crippen LogP contribution in [0.4, 0.5) is 5.69 Å². The number of methoxy groups -OCH3 is 1. The lowest BCUT2D eigenvalue weighted by atomic mass is 10.2. The van der Waals surface area contributed by atoms with E-state index in [-0.39, 0.29) is 12.5 Å². The molecule has 0 fully saturated rings. The van der Waals surface area contributed by atoms with Gasteiger partial charge in [0.1, 0.15) is 5.75 Å². The molecule has 0 aliphatic carbocycles. The fraction of sp³-hybridized carbons (Fsp3) is 0.250. The number of nitrogens with one attached hydrogen (secondary N) is 1. The molecule has 3 aromatic rings. The van der Waals surface area contributed by atoms with Crippen LogP contribution in [0.15, 0.2) is 57.9 Å². The summed E-state index contributed by atoms with van der Waals surface area (Å²) < 4.78 is 10.5. The van der Waals surface area contributed by atoms with Crippen molar-refractivity contribution < 1.29 is 14.1 Å². The Bertz CT molecular complexity index is 944. The number of hydrogen-bond acceptors (Lipinski definition) is 7. The highest BCUT2D eigenvalue weighted by Gasteiger charge is 2.14. The van der Waals surface area contributed by atoms with Crippen LogP contribution < -0.4 is 10.1 Å². The second kappa shape index (κ2) is 9.38. The van der Waals surface area contributed by atoms with Crippen LogP contribution in [0.5, 0.6) is 5.75 Å². The predicted octanol–water partition coefficient (Wildman–Crippen LogP) is 3.54. The normalized spacial score (nSPS) is 10.9. The number of nitrogens with zero attached hydrogens (tertiary/aromatic N) is 3. The van der Waals surface area contributed by atoms with E-state index < -0.39 is 0 Å². The van der Waals surface area contributed by atoms with E-state index in [4.69, 9.17) is 9.26 Å². The van der Waals surface area contributed by atoms with Crippen LogP contribution in [-0.4, -0.2) is 47.9 Å². The van der Waals surface area contributed by atoms with Crippen molar-refractivity contribution >= 4 is 23.4 Å². The number of likely N-dealkylation sites (N-methyl/N-ethyl adjacent to an activating group) is 1.